The lowest BCUT2D eigenvalue weighted by Gasteiger charge is -2.27. The highest BCUT2D eigenvalue weighted by Gasteiger charge is 2.40. The Hall–Kier alpha value is -0.350. The van der Waals surface area contributed by atoms with Crippen molar-refractivity contribution in [3.8, 4) is 0 Å². The molecular formula is C9H15NO2S. The van der Waals surface area contributed by atoms with Crippen LogP contribution in [0.4, 0.5) is 0 Å². The normalized spacial score (nSPS) is 26.3. The van der Waals surface area contributed by atoms with Crippen molar-refractivity contribution in [2.45, 2.75) is 30.9 Å². The molecule has 0 bridgehead atoms. The van der Waals surface area contributed by atoms with E-state index in [1.807, 2.05) is 0 Å². The third-order valence-corrected chi connectivity index (χ3v) is 4.99. The summed E-state index contributed by atoms with van der Waals surface area (Å²) < 4.78 is 25.2. The average Bonchev–Trinajstić information content (AvgIpc) is 2.86. The van der Waals surface area contributed by atoms with Crippen LogP contribution in [0.15, 0.2) is 12.2 Å². The molecule has 74 valence electrons. The first-order chi connectivity index (χ1) is 6.10. The van der Waals surface area contributed by atoms with Crippen LogP contribution in [0, 0.1) is 0 Å². The van der Waals surface area contributed by atoms with Crippen LogP contribution in [0.2, 0.25) is 0 Å². The molecule has 1 aliphatic heterocycles. The number of rotatable bonds is 2. The Labute approximate surface area is 79.5 Å². The lowest BCUT2D eigenvalue weighted by atomic mass is 10.1. The van der Waals surface area contributed by atoms with Crippen molar-refractivity contribution in [1.82, 2.24) is 4.31 Å². The molecule has 2 fully saturated rings. The highest BCUT2D eigenvalue weighted by atomic mass is 32.2. The number of nitrogens with zero attached hydrogens (tertiary/aromatic N) is 1. The summed E-state index contributed by atoms with van der Waals surface area (Å²) in [6.07, 6.45) is 3.62. The number of hydrogen-bond acceptors (Lipinski definition) is 2. The van der Waals surface area contributed by atoms with Crippen LogP contribution in [-0.2, 0) is 10.0 Å². The second-order valence-corrected chi connectivity index (χ2v) is 6.14. The van der Waals surface area contributed by atoms with E-state index in [2.05, 4.69) is 6.58 Å². The molecule has 1 heterocycles. The number of hydrogen-bond donors (Lipinski definition) is 0. The Balaban J connectivity index is 2.10. The third kappa shape index (κ3) is 1.79. The molecule has 1 saturated carbocycles. The molecule has 0 aromatic rings. The summed E-state index contributed by atoms with van der Waals surface area (Å²) in [6, 6.07) is 0. The van der Waals surface area contributed by atoms with Crippen molar-refractivity contribution in [1.29, 1.82) is 0 Å². The molecule has 0 amide bonds. The standard InChI is InChI=1S/C9H15NO2S/c1-8-3-2-6-10(7-8)13(11,12)9-4-5-9/h9H,1-7H2. The van der Waals surface area contributed by atoms with E-state index in [9.17, 15) is 8.42 Å². The summed E-state index contributed by atoms with van der Waals surface area (Å²) in [5.74, 6) is 0. The fourth-order valence-corrected chi connectivity index (χ4v) is 3.61. The molecule has 2 rings (SSSR count). The zero-order valence-electron chi connectivity index (χ0n) is 7.70. The minimum atomic E-state index is -2.95. The van der Waals surface area contributed by atoms with Crippen LogP contribution in [-0.4, -0.2) is 31.1 Å². The van der Waals surface area contributed by atoms with Gasteiger partial charge in [0.2, 0.25) is 10.0 Å². The smallest absolute Gasteiger partial charge is 0.212 e. The molecule has 0 aromatic heterocycles. The Morgan fingerprint density at radius 3 is 2.62 bits per heavy atom. The lowest BCUT2D eigenvalue weighted by Crippen LogP contribution is -2.38. The van der Waals surface area contributed by atoms with Gasteiger partial charge in [0, 0.05) is 13.1 Å². The quantitative estimate of drug-likeness (QED) is 0.628. The van der Waals surface area contributed by atoms with Gasteiger partial charge >= 0.3 is 0 Å². The van der Waals surface area contributed by atoms with Crippen molar-refractivity contribution in [3.05, 3.63) is 12.2 Å². The first-order valence-electron chi connectivity index (χ1n) is 4.76. The van der Waals surface area contributed by atoms with Gasteiger partial charge < -0.3 is 0 Å². The number of sulfonamides is 1. The zero-order chi connectivity index (χ0) is 9.47. The van der Waals surface area contributed by atoms with Gasteiger partial charge in [-0.25, -0.2) is 8.42 Å². The minimum absolute atomic E-state index is 0.0709. The van der Waals surface area contributed by atoms with E-state index in [1.165, 1.54) is 0 Å². The Bertz CT molecular complexity index is 317. The van der Waals surface area contributed by atoms with E-state index in [0.717, 1.165) is 31.3 Å². The predicted molar refractivity (Wildman–Crippen MR) is 51.9 cm³/mol. The molecule has 2 aliphatic rings. The van der Waals surface area contributed by atoms with Gasteiger partial charge in [-0.3, -0.25) is 0 Å². The molecule has 1 saturated heterocycles. The largest absolute Gasteiger partial charge is 0.217 e. The van der Waals surface area contributed by atoms with Crippen LogP contribution in [0.25, 0.3) is 0 Å². The summed E-state index contributed by atoms with van der Waals surface area (Å²) in [5, 5.41) is -0.0709. The first kappa shape index (κ1) is 9.21. The average molecular weight is 201 g/mol. The summed E-state index contributed by atoms with van der Waals surface area (Å²) in [5.41, 5.74) is 1.05. The van der Waals surface area contributed by atoms with Gasteiger partial charge in [0.25, 0.3) is 0 Å². The second-order valence-electron chi connectivity index (χ2n) is 3.93. The van der Waals surface area contributed by atoms with Crippen LogP contribution < -0.4 is 0 Å². The van der Waals surface area contributed by atoms with E-state index in [1.54, 1.807) is 4.31 Å². The third-order valence-electron chi connectivity index (χ3n) is 2.64. The zero-order valence-corrected chi connectivity index (χ0v) is 8.52. The fraction of sp³-hybridized carbons (Fsp3) is 0.778. The summed E-state index contributed by atoms with van der Waals surface area (Å²) in [4.78, 5) is 0. The van der Waals surface area contributed by atoms with Crippen LogP contribution in [0.1, 0.15) is 25.7 Å². The van der Waals surface area contributed by atoms with Gasteiger partial charge in [-0.05, 0) is 25.7 Å². The second kappa shape index (κ2) is 3.10. The van der Waals surface area contributed by atoms with Crippen LogP contribution in [0.3, 0.4) is 0 Å². The van der Waals surface area contributed by atoms with E-state index < -0.39 is 10.0 Å². The minimum Gasteiger partial charge on any atom is -0.212 e. The van der Waals surface area contributed by atoms with Gasteiger partial charge in [0.1, 0.15) is 0 Å². The highest BCUT2D eigenvalue weighted by molar-refractivity contribution is 7.90. The first-order valence-corrected chi connectivity index (χ1v) is 6.26. The topological polar surface area (TPSA) is 37.4 Å². The number of piperidine rings is 1. The van der Waals surface area contributed by atoms with E-state index in [0.29, 0.717) is 13.1 Å². The van der Waals surface area contributed by atoms with E-state index >= 15 is 0 Å². The van der Waals surface area contributed by atoms with Crippen LogP contribution in [0.5, 0.6) is 0 Å². The van der Waals surface area contributed by atoms with Crippen molar-refractivity contribution < 1.29 is 8.42 Å². The predicted octanol–water partition coefficient (Wildman–Crippen LogP) is 1.13. The Kier molecular flexibility index (Phi) is 2.20. The van der Waals surface area contributed by atoms with Gasteiger partial charge in [-0.1, -0.05) is 12.2 Å². The molecule has 0 N–H and O–H groups in total. The summed E-state index contributed by atoms with van der Waals surface area (Å²) in [7, 11) is -2.95. The molecule has 0 aromatic carbocycles. The molecule has 4 heteroatoms. The molecule has 0 spiro atoms. The lowest BCUT2D eigenvalue weighted by molar-refractivity contribution is 0.394. The van der Waals surface area contributed by atoms with Crippen LogP contribution >= 0.6 is 0 Å². The van der Waals surface area contributed by atoms with E-state index in [-0.39, 0.29) is 5.25 Å². The van der Waals surface area contributed by atoms with Crippen molar-refractivity contribution >= 4 is 10.0 Å². The molecule has 0 radical (unpaired) electrons. The van der Waals surface area contributed by atoms with Crippen molar-refractivity contribution in [3.63, 3.8) is 0 Å². The molecule has 1 aliphatic carbocycles. The maximum absolute atomic E-state index is 11.8. The van der Waals surface area contributed by atoms with Gasteiger partial charge in [0.15, 0.2) is 0 Å². The summed E-state index contributed by atoms with van der Waals surface area (Å²) >= 11 is 0. The highest BCUT2D eigenvalue weighted by Crippen LogP contribution is 2.32. The maximum atomic E-state index is 11.8. The molecule has 0 unspecified atom stereocenters. The monoisotopic (exact) mass is 201 g/mol. The molecule has 3 nitrogen and oxygen atoms in total. The molecule has 13 heavy (non-hydrogen) atoms. The Morgan fingerprint density at radius 1 is 1.38 bits per heavy atom. The van der Waals surface area contributed by atoms with Gasteiger partial charge in [-0.2, -0.15) is 4.31 Å². The van der Waals surface area contributed by atoms with Gasteiger partial charge in [0.05, 0.1) is 5.25 Å². The van der Waals surface area contributed by atoms with E-state index in [4.69, 9.17) is 0 Å². The molecule has 0 atom stereocenters. The Morgan fingerprint density at radius 2 is 2.08 bits per heavy atom. The SMILES string of the molecule is C=C1CCCN(S(=O)(=O)C2CC2)C1. The summed E-state index contributed by atoms with van der Waals surface area (Å²) in [6.45, 7) is 5.10. The fourth-order valence-electron chi connectivity index (χ4n) is 1.71. The maximum Gasteiger partial charge on any atom is 0.217 e. The molecular weight excluding hydrogens is 186 g/mol. The van der Waals surface area contributed by atoms with Crippen molar-refractivity contribution in [2.75, 3.05) is 13.1 Å². The van der Waals surface area contributed by atoms with Gasteiger partial charge in [-0.15, -0.1) is 0 Å². The van der Waals surface area contributed by atoms with Crippen molar-refractivity contribution in [2.24, 2.45) is 0 Å².